The lowest BCUT2D eigenvalue weighted by Crippen LogP contribution is -2.28. The average Bonchev–Trinajstić information content (AvgIpc) is 3.58. The molecule has 0 saturated carbocycles. The molecule has 55 heavy (non-hydrogen) atoms. The number of nitrogens with zero attached hydrogens (tertiary/aromatic N) is 4. The zero-order valence-electron chi connectivity index (χ0n) is 29.9. The standard InChI is InChI=1S/C51H34N4/c1-4-14-35(15-5-1)38-16-12-17-39(32-38)49-53-48(37-27-25-36(26-28-37)41-18-13-31-52-34-41)54-50(55-49)40-29-30-45-44-23-10-11-24-46(44)51(47(45)33-40,42-19-6-2-7-20-42)43-21-8-3-9-22-43/h1-34H. The van der Waals surface area contributed by atoms with Crippen molar-refractivity contribution in [2.24, 2.45) is 0 Å². The Morgan fingerprint density at radius 2 is 0.800 bits per heavy atom. The van der Waals surface area contributed by atoms with Gasteiger partial charge in [0.15, 0.2) is 17.5 Å². The lowest BCUT2D eigenvalue weighted by atomic mass is 9.67. The van der Waals surface area contributed by atoms with Gasteiger partial charge in [0.2, 0.25) is 0 Å². The third kappa shape index (κ3) is 5.63. The van der Waals surface area contributed by atoms with Gasteiger partial charge in [-0.3, -0.25) is 4.98 Å². The van der Waals surface area contributed by atoms with E-state index in [-0.39, 0.29) is 0 Å². The molecule has 0 radical (unpaired) electrons. The minimum Gasteiger partial charge on any atom is -0.264 e. The van der Waals surface area contributed by atoms with E-state index in [2.05, 4.69) is 187 Å². The Morgan fingerprint density at radius 3 is 1.47 bits per heavy atom. The van der Waals surface area contributed by atoms with E-state index in [0.717, 1.165) is 38.9 Å². The Kier molecular flexibility index (Phi) is 8.00. The summed E-state index contributed by atoms with van der Waals surface area (Å²) < 4.78 is 0. The first-order valence-electron chi connectivity index (χ1n) is 18.5. The molecule has 4 heteroatoms. The maximum Gasteiger partial charge on any atom is 0.164 e. The van der Waals surface area contributed by atoms with E-state index in [1.165, 1.54) is 33.4 Å². The fourth-order valence-corrected chi connectivity index (χ4v) is 8.16. The van der Waals surface area contributed by atoms with Crippen LogP contribution in [0.4, 0.5) is 0 Å². The minimum atomic E-state index is -0.532. The van der Waals surface area contributed by atoms with Crippen LogP contribution in [0.2, 0.25) is 0 Å². The van der Waals surface area contributed by atoms with Crippen molar-refractivity contribution in [2.75, 3.05) is 0 Å². The van der Waals surface area contributed by atoms with Gasteiger partial charge in [-0.25, -0.2) is 15.0 Å². The highest BCUT2D eigenvalue weighted by Crippen LogP contribution is 2.56. The molecule has 2 heterocycles. The molecule has 10 rings (SSSR count). The van der Waals surface area contributed by atoms with Gasteiger partial charge in [-0.05, 0) is 73.8 Å². The lowest BCUT2D eigenvalue weighted by molar-refractivity contribution is 0.768. The summed E-state index contributed by atoms with van der Waals surface area (Å²) >= 11 is 0. The first-order chi connectivity index (χ1) is 27.3. The van der Waals surface area contributed by atoms with Gasteiger partial charge in [-0.1, -0.05) is 176 Å². The van der Waals surface area contributed by atoms with Crippen molar-refractivity contribution in [3.8, 4) is 67.5 Å². The summed E-state index contributed by atoms with van der Waals surface area (Å²) in [7, 11) is 0. The van der Waals surface area contributed by atoms with Crippen molar-refractivity contribution >= 4 is 0 Å². The van der Waals surface area contributed by atoms with Crippen molar-refractivity contribution in [3.63, 3.8) is 0 Å². The summed E-state index contributed by atoms with van der Waals surface area (Å²) in [6, 6.07) is 68.5. The van der Waals surface area contributed by atoms with Crippen LogP contribution in [0, 0.1) is 0 Å². The van der Waals surface area contributed by atoms with E-state index in [4.69, 9.17) is 15.0 Å². The minimum absolute atomic E-state index is 0.532. The average molecular weight is 703 g/mol. The lowest BCUT2D eigenvalue weighted by Gasteiger charge is -2.34. The summed E-state index contributed by atoms with van der Waals surface area (Å²) in [6.45, 7) is 0. The van der Waals surface area contributed by atoms with Crippen molar-refractivity contribution in [2.45, 2.75) is 5.41 Å². The molecule has 1 aliphatic carbocycles. The normalized spacial score (nSPS) is 12.5. The molecule has 258 valence electrons. The van der Waals surface area contributed by atoms with Crippen molar-refractivity contribution in [3.05, 3.63) is 229 Å². The molecule has 0 saturated heterocycles. The molecule has 0 aliphatic heterocycles. The Balaban J connectivity index is 1.18. The molecule has 9 aromatic rings. The van der Waals surface area contributed by atoms with Crippen molar-refractivity contribution < 1.29 is 0 Å². The highest BCUT2D eigenvalue weighted by Gasteiger charge is 2.46. The molecule has 0 spiro atoms. The van der Waals surface area contributed by atoms with Crippen LogP contribution in [0.5, 0.6) is 0 Å². The summed E-state index contributed by atoms with van der Waals surface area (Å²) in [5, 5.41) is 0. The van der Waals surface area contributed by atoms with E-state index in [9.17, 15) is 0 Å². The summed E-state index contributed by atoms with van der Waals surface area (Å²) in [5.74, 6) is 1.86. The number of hydrogen-bond donors (Lipinski definition) is 0. The predicted octanol–water partition coefficient (Wildman–Crippen LogP) is 12.0. The summed E-state index contributed by atoms with van der Waals surface area (Å²) in [4.78, 5) is 19.9. The van der Waals surface area contributed by atoms with Crippen molar-refractivity contribution in [1.29, 1.82) is 0 Å². The summed E-state index contributed by atoms with van der Waals surface area (Å²) in [6.07, 6.45) is 3.67. The monoisotopic (exact) mass is 702 g/mol. The third-order valence-corrected chi connectivity index (χ3v) is 10.7. The van der Waals surface area contributed by atoms with E-state index in [1.807, 2.05) is 18.3 Å². The van der Waals surface area contributed by atoms with Gasteiger partial charge in [0.1, 0.15) is 0 Å². The fourth-order valence-electron chi connectivity index (χ4n) is 8.16. The molecule has 0 N–H and O–H groups in total. The SMILES string of the molecule is c1ccc(-c2cccc(-c3nc(-c4ccc(-c5cccnc5)cc4)nc(-c4ccc5c(c4)C(c4ccccc4)(c4ccccc4)c4ccccc4-5)n3)c2)cc1. The van der Waals surface area contributed by atoms with E-state index < -0.39 is 5.41 Å². The van der Waals surface area contributed by atoms with E-state index in [0.29, 0.717) is 17.5 Å². The molecule has 7 aromatic carbocycles. The van der Waals surface area contributed by atoms with Gasteiger partial charge in [0.05, 0.1) is 5.41 Å². The smallest absolute Gasteiger partial charge is 0.164 e. The molecule has 0 unspecified atom stereocenters. The van der Waals surface area contributed by atoms with Gasteiger partial charge in [-0.15, -0.1) is 0 Å². The maximum absolute atomic E-state index is 5.24. The van der Waals surface area contributed by atoms with Gasteiger partial charge in [-0.2, -0.15) is 0 Å². The van der Waals surface area contributed by atoms with Gasteiger partial charge < -0.3 is 0 Å². The molecule has 0 bridgehead atoms. The Bertz CT molecular complexity index is 2740. The first-order valence-corrected chi connectivity index (χ1v) is 18.5. The Hall–Kier alpha value is -7.30. The molecule has 4 nitrogen and oxygen atoms in total. The van der Waals surface area contributed by atoms with Crippen LogP contribution < -0.4 is 0 Å². The Morgan fingerprint density at radius 1 is 0.309 bits per heavy atom. The molecule has 2 aromatic heterocycles. The van der Waals surface area contributed by atoms with Gasteiger partial charge >= 0.3 is 0 Å². The molecular weight excluding hydrogens is 669 g/mol. The van der Waals surface area contributed by atoms with Crippen LogP contribution in [0.25, 0.3) is 67.5 Å². The van der Waals surface area contributed by atoms with Crippen LogP contribution in [-0.4, -0.2) is 19.9 Å². The largest absolute Gasteiger partial charge is 0.264 e. The second kappa shape index (κ2) is 13.6. The number of fused-ring (bicyclic) bond motifs is 3. The number of pyridine rings is 1. The topological polar surface area (TPSA) is 51.6 Å². The Labute approximate surface area is 320 Å². The number of aromatic nitrogens is 4. The zero-order valence-corrected chi connectivity index (χ0v) is 29.9. The van der Waals surface area contributed by atoms with E-state index in [1.54, 1.807) is 6.20 Å². The van der Waals surface area contributed by atoms with Gasteiger partial charge in [0, 0.05) is 29.1 Å². The number of rotatable bonds is 7. The third-order valence-electron chi connectivity index (χ3n) is 10.7. The molecule has 0 fully saturated rings. The maximum atomic E-state index is 5.24. The fraction of sp³-hybridized carbons (Fsp3) is 0.0196. The highest BCUT2D eigenvalue weighted by molar-refractivity contribution is 5.88. The van der Waals surface area contributed by atoms with E-state index >= 15 is 0 Å². The van der Waals surface area contributed by atoms with Crippen LogP contribution in [0.15, 0.2) is 207 Å². The number of benzene rings is 7. The quantitative estimate of drug-likeness (QED) is 0.166. The molecular formula is C51H34N4. The molecule has 0 atom stereocenters. The second-order valence-electron chi connectivity index (χ2n) is 13.9. The highest BCUT2D eigenvalue weighted by atomic mass is 15.0. The van der Waals surface area contributed by atoms with Crippen LogP contribution in [-0.2, 0) is 5.41 Å². The second-order valence-corrected chi connectivity index (χ2v) is 13.9. The van der Waals surface area contributed by atoms with Crippen LogP contribution in [0.3, 0.4) is 0 Å². The van der Waals surface area contributed by atoms with Crippen molar-refractivity contribution in [1.82, 2.24) is 19.9 Å². The van der Waals surface area contributed by atoms with Gasteiger partial charge in [0.25, 0.3) is 0 Å². The summed E-state index contributed by atoms with van der Waals surface area (Å²) in [5.41, 5.74) is 14.0. The van der Waals surface area contributed by atoms with Crippen LogP contribution >= 0.6 is 0 Å². The predicted molar refractivity (Wildman–Crippen MR) is 222 cm³/mol. The zero-order chi connectivity index (χ0) is 36.6. The molecule has 1 aliphatic rings. The van der Waals surface area contributed by atoms with Crippen LogP contribution in [0.1, 0.15) is 22.3 Å². The first kappa shape index (κ1) is 32.4. The molecule has 0 amide bonds. The number of hydrogen-bond acceptors (Lipinski definition) is 4.